The summed E-state index contributed by atoms with van der Waals surface area (Å²) < 4.78 is 37.6. The van der Waals surface area contributed by atoms with E-state index in [0.717, 1.165) is 43.2 Å². The van der Waals surface area contributed by atoms with E-state index in [-0.39, 0.29) is 28.4 Å². The number of hydrogen-bond donors (Lipinski definition) is 0. The maximum Gasteiger partial charge on any atom is 0.264 e. The zero-order chi connectivity index (χ0) is 32.7. The first-order valence-corrected chi connectivity index (χ1v) is 22.3. The van der Waals surface area contributed by atoms with E-state index in [1.54, 1.807) is 0 Å². The summed E-state index contributed by atoms with van der Waals surface area (Å²) in [6.45, 7) is 24.8. The molecular weight excluding hydrogens is 585 g/mol. The fraction of sp³-hybridized carbons (Fsp3) is 0.889. The Kier molecular flexibility index (Phi) is 10.9. The highest BCUT2D eigenvalue weighted by atomic mass is 32.2. The second-order valence-electron chi connectivity index (χ2n) is 17.5. The lowest BCUT2D eigenvalue weighted by Crippen LogP contribution is -2.54. The molecule has 0 spiro atoms. The molecule has 0 aromatic carbocycles. The molecule has 6 nitrogen and oxygen atoms in total. The van der Waals surface area contributed by atoms with Gasteiger partial charge in [-0.2, -0.15) is 8.42 Å². The molecule has 1 heterocycles. The van der Waals surface area contributed by atoms with Gasteiger partial charge in [0.05, 0.1) is 24.3 Å². The third-order valence-corrected chi connectivity index (χ3v) is 18.3. The Hall–Kier alpha value is -0.833. The predicted octanol–water partition coefficient (Wildman–Crippen LogP) is 8.72. The number of hydrogen-bond acceptors (Lipinski definition) is 6. The van der Waals surface area contributed by atoms with Crippen LogP contribution < -0.4 is 0 Å². The quantitative estimate of drug-likeness (QED) is 0.167. The first kappa shape index (κ1) is 36.0. The first-order chi connectivity index (χ1) is 20.3. The molecule has 2 saturated carbocycles. The van der Waals surface area contributed by atoms with E-state index < -0.39 is 18.4 Å². The molecule has 0 aliphatic heterocycles. The highest BCUT2D eigenvalue weighted by Gasteiger charge is 2.59. The van der Waals surface area contributed by atoms with Crippen LogP contribution in [0.25, 0.3) is 0 Å². The monoisotopic (exact) mass is 648 g/mol. The van der Waals surface area contributed by atoms with Crippen molar-refractivity contribution in [3.05, 3.63) is 23.8 Å². The highest BCUT2D eigenvalue weighted by Crippen LogP contribution is 2.65. The van der Waals surface area contributed by atoms with Gasteiger partial charge in [0.25, 0.3) is 10.1 Å². The van der Waals surface area contributed by atoms with Crippen LogP contribution in [0.2, 0.25) is 18.1 Å². The molecule has 8 heteroatoms. The third-order valence-electron chi connectivity index (χ3n) is 13.2. The summed E-state index contributed by atoms with van der Waals surface area (Å²) in [5.41, 5.74) is 2.35. The minimum Gasteiger partial charge on any atom is -0.417 e. The maximum atomic E-state index is 12.4. The number of rotatable bonds is 12. The van der Waals surface area contributed by atoms with Crippen molar-refractivity contribution in [1.82, 2.24) is 9.97 Å². The maximum absolute atomic E-state index is 12.4. The zero-order valence-electron chi connectivity index (χ0n) is 29.9. The summed E-state index contributed by atoms with van der Waals surface area (Å²) in [4.78, 5) is 9.62. The fourth-order valence-corrected chi connectivity index (χ4v) is 10.9. The molecular formula is C36H64N2O4SSi. The molecule has 0 saturated heterocycles. The van der Waals surface area contributed by atoms with E-state index in [2.05, 4.69) is 68.5 Å². The molecule has 3 aliphatic rings. The Balaban J connectivity index is 1.67. The van der Waals surface area contributed by atoms with Crippen LogP contribution in [-0.2, 0) is 31.6 Å². The molecule has 1 unspecified atom stereocenters. The largest absolute Gasteiger partial charge is 0.417 e. The van der Waals surface area contributed by atoms with Crippen LogP contribution in [-0.4, -0.2) is 46.2 Å². The Morgan fingerprint density at radius 3 is 2.20 bits per heavy atom. The van der Waals surface area contributed by atoms with E-state index in [1.165, 1.54) is 44.8 Å². The third kappa shape index (κ3) is 7.65. The Morgan fingerprint density at radius 1 is 0.955 bits per heavy atom. The lowest BCUT2D eigenvalue weighted by Gasteiger charge is -2.57. The van der Waals surface area contributed by atoms with Gasteiger partial charge in [-0.05, 0) is 109 Å². The smallest absolute Gasteiger partial charge is 0.264 e. The molecule has 4 rings (SSSR count). The van der Waals surface area contributed by atoms with Crippen LogP contribution >= 0.6 is 0 Å². The van der Waals surface area contributed by atoms with Crippen molar-refractivity contribution in [3.63, 3.8) is 0 Å². The molecule has 3 aliphatic carbocycles. The van der Waals surface area contributed by atoms with Crippen molar-refractivity contribution < 1.29 is 17.0 Å². The van der Waals surface area contributed by atoms with E-state index in [4.69, 9.17) is 18.6 Å². The summed E-state index contributed by atoms with van der Waals surface area (Å²) in [6.07, 6.45) is 15.2. The summed E-state index contributed by atoms with van der Waals surface area (Å²) >= 11 is 0. The van der Waals surface area contributed by atoms with Gasteiger partial charge in [0.2, 0.25) is 0 Å². The number of aromatic nitrogens is 2. The van der Waals surface area contributed by atoms with Gasteiger partial charge in [0, 0.05) is 19.0 Å². The van der Waals surface area contributed by atoms with Gasteiger partial charge in [-0.15, -0.1) is 0 Å². The van der Waals surface area contributed by atoms with E-state index in [9.17, 15) is 8.42 Å². The van der Waals surface area contributed by atoms with Crippen LogP contribution in [0.3, 0.4) is 0 Å². The molecule has 0 bridgehead atoms. The predicted molar refractivity (Wildman–Crippen MR) is 183 cm³/mol. The van der Waals surface area contributed by atoms with E-state index >= 15 is 0 Å². The summed E-state index contributed by atoms with van der Waals surface area (Å²) in [7, 11) is -5.51. The van der Waals surface area contributed by atoms with Crippen molar-refractivity contribution >= 4 is 18.4 Å². The van der Waals surface area contributed by atoms with Crippen LogP contribution in [0.1, 0.15) is 112 Å². The second kappa shape index (κ2) is 13.3. The lowest BCUT2D eigenvalue weighted by atomic mass is 9.48. The van der Waals surface area contributed by atoms with Crippen LogP contribution in [0.4, 0.5) is 0 Å². The van der Waals surface area contributed by atoms with Gasteiger partial charge in [-0.25, -0.2) is 0 Å². The summed E-state index contributed by atoms with van der Waals surface area (Å²) in [6, 6.07) is 0. The highest BCUT2D eigenvalue weighted by molar-refractivity contribution is 7.85. The molecule has 8 atom stereocenters. The van der Waals surface area contributed by atoms with Crippen LogP contribution in [0, 0.1) is 52.3 Å². The van der Waals surface area contributed by atoms with Gasteiger partial charge in [0.15, 0.2) is 8.32 Å². The Morgan fingerprint density at radius 2 is 1.59 bits per heavy atom. The Labute approximate surface area is 271 Å². The van der Waals surface area contributed by atoms with Gasteiger partial charge in [-0.1, -0.05) is 74.7 Å². The van der Waals surface area contributed by atoms with Crippen molar-refractivity contribution in [2.75, 3.05) is 19.5 Å². The SMILES string of the molecule is CC(C)CCCC(C)[C@H]1CC[C@H]2[C@H](COS(C)(=O)=O)[C@@H]([C@@]3(C)Cc4nccnc4C[C@@H]3CO[Si](C)(C)C(C)(C)C)CC[C@]12C. The average molecular weight is 649 g/mol. The summed E-state index contributed by atoms with van der Waals surface area (Å²) in [5.74, 6) is 3.41. The van der Waals surface area contributed by atoms with Gasteiger partial charge < -0.3 is 4.43 Å². The zero-order valence-corrected chi connectivity index (χ0v) is 31.7. The van der Waals surface area contributed by atoms with E-state index in [0.29, 0.717) is 29.6 Å². The standard InChI is InChI=1S/C36H64N2O4SSi/c1-25(2)13-12-14-26(3)29-15-16-30-28(24-41-43(9,39)40)31(17-18-35(29,30)7)36(8)22-33-32(37-19-20-38-33)21-27(36)23-42-44(10,11)34(4,5)6/h19-20,25-31H,12-18,21-24H2,1-11H3/t26?,27-,28+,29-,30+,31+,35-,36+/m1/s1. The van der Waals surface area contributed by atoms with Crippen molar-refractivity contribution in [3.8, 4) is 0 Å². The molecule has 1 aromatic heterocycles. The summed E-state index contributed by atoms with van der Waals surface area (Å²) in [5, 5.41) is 0.138. The van der Waals surface area contributed by atoms with Gasteiger partial charge >= 0.3 is 0 Å². The molecule has 0 amide bonds. The van der Waals surface area contributed by atoms with Gasteiger partial charge in [0.1, 0.15) is 0 Å². The molecule has 252 valence electrons. The number of fused-ring (bicyclic) bond motifs is 2. The topological polar surface area (TPSA) is 78.4 Å². The van der Waals surface area contributed by atoms with Crippen molar-refractivity contribution in [2.45, 2.75) is 131 Å². The molecule has 0 N–H and O–H groups in total. The molecule has 2 fully saturated rings. The minimum absolute atomic E-state index is 0.0841. The van der Waals surface area contributed by atoms with Crippen LogP contribution in [0.5, 0.6) is 0 Å². The van der Waals surface area contributed by atoms with E-state index in [1.807, 2.05) is 12.4 Å². The molecule has 0 radical (unpaired) electrons. The Bertz CT molecular complexity index is 1230. The van der Waals surface area contributed by atoms with Gasteiger partial charge in [-0.3, -0.25) is 14.2 Å². The van der Waals surface area contributed by atoms with Crippen molar-refractivity contribution in [2.24, 2.45) is 52.3 Å². The second-order valence-corrected chi connectivity index (χ2v) is 24.0. The molecule has 44 heavy (non-hydrogen) atoms. The average Bonchev–Trinajstić information content (AvgIpc) is 3.26. The lowest BCUT2D eigenvalue weighted by molar-refractivity contribution is -0.0901. The fourth-order valence-electron chi connectivity index (χ4n) is 9.46. The molecule has 1 aromatic rings. The first-order valence-electron chi connectivity index (χ1n) is 17.6. The number of nitrogens with zero attached hydrogens (tertiary/aromatic N) is 2. The van der Waals surface area contributed by atoms with Crippen molar-refractivity contribution in [1.29, 1.82) is 0 Å². The minimum atomic E-state index is -3.55. The normalized spacial score (nSPS) is 33.7. The van der Waals surface area contributed by atoms with Crippen LogP contribution in [0.15, 0.2) is 12.4 Å².